The van der Waals surface area contributed by atoms with E-state index < -0.39 is 0 Å². The van der Waals surface area contributed by atoms with Crippen molar-refractivity contribution in [2.24, 2.45) is 11.8 Å². The van der Waals surface area contributed by atoms with Gasteiger partial charge in [0.1, 0.15) is 6.10 Å². The molecular weight excluding hydrogens is 252 g/mol. The Morgan fingerprint density at radius 1 is 1.15 bits per heavy atom. The highest BCUT2D eigenvalue weighted by atomic mass is 16.5. The van der Waals surface area contributed by atoms with E-state index in [-0.39, 0.29) is 12.0 Å². The molecule has 20 heavy (non-hydrogen) atoms. The zero-order valence-corrected chi connectivity index (χ0v) is 12.7. The number of ether oxygens (including phenoxy) is 1. The van der Waals surface area contributed by atoms with E-state index in [1.165, 1.54) is 45.3 Å². The first kappa shape index (κ1) is 14.3. The van der Waals surface area contributed by atoms with Gasteiger partial charge in [0.25, 0.3) is 5.91 Å². The zero-order chi connectivity index (χ0) is 13.9. The minimum atomic E-state index is -0.163. The van der Waals surface area contributed by atoms with Crippen molar-refractivity contribution in [2.75, 3.05) is 39.8 Å². The SMILES string of the molecule is COC(C(=O)N1CCC(CN2CCCCC2)C1)C1CC1. The lowest BCUT2D eigenvalue weighted by Gasteiger charge is -2.29. The molecule has 0 bridgehead atoms. The van der Waals surface area contributed by atoms with Crippen molar-refractivity contribution in [1.82, 2.24) is 9.80 Å². The van der Waals surface area contributed by atoms with Crippen LogP contribution in [0.15, 0.2) is 0 Å². The summed E-state index contributed by atoms with van der Waals surface area (Å²) in [6, 6.07) is 0. The van der Waals surface area contributed by atoms with Crippen molar-refractivity contribution in [3.8, 4) is 0 Å². The second-order valence-electron chi connectivity index (χ2n) is 6.79. The molecule has 1 aliphatic carbocycles. The Labute approximate surface area is 122 Å². The number of carbonyl (C=O) groups excluding carboxylic acids is 1. The molecule has 1 saturated carbocycles. The zero-order valence-electron chi connectivity index (χ0n) is 12.7. The molecule has 2 heterocycles. The van der Waals surface area contributed by atoms with E-state index in [1.807, 2.05) is 0 Å². The Morgan fingerprint density at radius 3 is 2.55 bits per heavy atom. The third-order valence-corrected chi connectivity index (χ3v) is 5.11. The summed E-state index contributed by atoms with van der Waals surface area (Å²) in [6.07, 6.45) is 7.42. The molecule has 4 heteroatoms. The van der Waals surface area contributed by atoms with Crippen LogP contribution in [0.4, 0.5) is 0 Å². The fourth-order valence-corrected chi connectivity index (χ4v) is 3.76. The summed E-state index contributed by atoms with van der Waals surface area (Å²) < 4.78 is 5.43. The van der Waals surface area contributed by atoms with Crippen LogP contribution in [0.2, 0.25) is 0 Å². The molecule has 3 rings (SSSR count). The second kappa shape index (κ2) is 6.44. The predicted octanol–water partition coefficient (Wildman–Crippen LogP) is 1.75. The van der Waals surface area contributed by atoms with Crippen molar-refractivity contribution in [2.45, 2.75) is 44.6 Å². The number of nitrogens with zero attached hydrogens (tertiary/aromatic N) is 2. The number of piperidine rings is 1. The molecular formula is C16H28N2O2. The van der Waals surface area contributed by atoms with Gasteiger partial charge < -0.3 is 14.5 Å². The topological polar surface area (TPSA) is 32.8 Å². The average molecular weight is 280 g/mol. The second-order valence-corrected chi connectivity index (χ2v) is 6.79. The number of amides is 1. The molecule has 0 aromatic carbocycles. The minimum Gasteiger partial charge on any atom is -0.371 e. The van der Waals surface area contributed by atoms with Gasteiger partial charge in [-0.25, -0.2) is 0 Å². The lowest BCUT2D eigenvalue weighted by molar-refractivity contribution is -0.142. The molecule has 4 nitrogen and oxygen atoms in total. The van der Waals surface area contributed by atoms with Crippen molar-refractivity contribution in [1.29, 1.82) is 0 Å². The van der Waals surface area contributed by atoms with E-state index in [1.54, 1.807) is 7.11 Å². The third-order valence-electron chi connectivity index (χ3n) is 5.11. The minimum absolute atomic E-state index is 0.163. The molecule has 0 aromatic rings. The van der Waals surface area contributed by atoms with Gasteiger partial charge in [-0.15, -0.1) is 0 Å². The van der Waals surface area contributed by atoms with Crippen LogP contribution >= 0.6 is 0 Å². The Morgan fingerprint density at radius 2 is 1.90 bits per heavy atom. The monoisotopic (exact) mass is 280 g/mol. The lowest BCUT2D eigenvalue weighted by atomic mass is 10.1. The van der Waals surface area contributed by atoms with E-state index in [2.05, 4.69) is 9.80 Å². The van der Waals surface area contributed by atoms with Crippen LogP contribution in [0.1, 0.15) is 38.5 Å². The highest BCUT2D eigenvalue weighted by molar-refractivity contribution is 5.82. The molecule has 3 fully saturated rings. The van der Waals surface area contributed by atoms with Crippen LogP contribution in [0, 0.1) is 11.8 Å². The fraction of sp³-hybridized carbons (Fsp3) is 0.938. The number of hydrogen-bond donors (Lipinski definition) is 0. The largest absolute Gasteiger partial charge is 0.371 e. The Kier molecular flexibility index (Phi) is 4.61. The first-order chi connectivity index (χ1) is 9.78. The van der Waals surface area contributed by atoms with E-state index in [9.17, 15) is 4.79 Å². The Balaban J connectivity index is 1.47. The quantitative estimate of drug-likeness (QED) is 0.769. The van der Waals surface area contributed by atoms with Gasteiger partial charge in [0, 0.05) is 26.7 Å². The summed E-state index contributed by atoms with van der Waals surface area (Å²) in [4.78, 5) is 17.1. The number of carbonyl (C=O) groups is 1. The Hall–Kier alpha value is -0.610. The van der Waals surface area contributed by atoms with Gasteiger partial charge in [-0.05, 0) is 57.0 Å². The molecule has 2 unspecified atom stereocenters. The summed E-state index contributed by atoms with van der Waals surface area (Å²) in [5.74, 6) is 1.42. The molecule has 0 radical (unpaired) electrons. The molecule has 0 aromatic heterocycles. The maximum atomic E-state index is 12.5. The normalized spacial score (nSPS) is 29.6. The molecule has 0 N–H and O–H groups in total. The Bertz CT molecular complexity index is 337. The average Bonchev–Trinajstić information content (AvgIpc) is 3.19. The van der Waals surface area contributed by atoms with E-state index in [4.69, 9.17) is 4.74 Å². The number of likely N-dealkylation sites (tertiary alicyclic amines) is 2. The maximum absolute atomic E-state index is 12.5. The van der Waals surface area contributed by atoms with Gasteiger partial charge in [-0.2, -0.15) is 0 Å². The van der Waals surface area contributed by atoms with E-state index >= 15 is 0 Å². The molecule has 0 spiro atoms. The van der Waals surface area contributed by atoms with Crippen LogP contribution in [-0.2, 0) is 9.53 Å². The molecule has 2 atom stereocenters. The third kappa shape index (κ3) is 3.34. The summed E-state index contributed by atoms with van der Waals surface area (Å²) in [5, 5.41) is 0. The van der Waals surface area contributed by atoms with Crippen molar-refractivity contribution < 1.29 is 9.53 Å². The highest BCUT2D eigenvalue weighted by Gasteiger charge is 2.40. The van der Waals surface area contributed by atoms with Crippen molar-refractivity contribution >= 4 is 5.91 Å². The van der Waals surface area contributed by atoms with Crippen molar-refractivity contribution in [3.05, 3.63) is 0 Å². The van der Waals surface area contributed by atoms with Crippen LogP contribution in [-0.4, -0.2) is 61.6 Å². The summed E-state index contributed by atoms with van der Waals surface area (Å²) in [6.45, 7) is 5.58. The number of rotatable bonds is 5. The molecule has 1 amide bonds. The predicted molar refractivity (Wildman–Crippen MR) is 78.5 cm³/mol. The highest BCUT2D eigenvalue weighted by Crippen LogP contribution is 2.35. The van der Waals surface area contributed by atoms with E-state index in [0.717, 1.165) is 25.9 Å². The first-order valence-corrected chi connectivity index (χ1v) is 8.32. The van der Waals surface area contributed by atoms with Crippen LogP contribution in [0.3, 0.4) is 0 Å². The summed E-state index contributed by atoms with van der Waals surface area (Å²) in [5.41, 5.74) is 0. The first-order valence-electron chi connectivity index (χ1n) is 8.32. The van der Waals surface area contributed by atoms with Gasteiger partial charge in [-0.1, -0.05) is 6.42 Å². The number of methoxy groups -OCH3 is 1. The van der Waals surface area contributed by atoms with Gasteiger partial charge >= 0.3 is 0 Å². The summed E-state index contributed by atoms with van der Waals surface area (Å²) >= 11 is 0. The van der Waals surface area contributed by atoms with Gasteiger partial charge in [0.2, 0.25) is 0 Å². The van der Waals surface area contributed by atoms with Gasteiger partial charge in [0.05, 0.1) is 0 Å². The van der Waals surface area contributed by atoms with Crippen LogP contribution in [0.25, 0.3) is 0 Å². The van der Waals surface area contributed by atoms with Crippen molar-refractivity contribution in [3.63, 3.8) is 0 Å². The molecule has 3 aliphatic rings. The smallest absolute Gasteiger partial charge is 0.251 e. The van der Waals surface area contributed by atoms with Gasteiger partial charge in [-0.3, -0.25) is 4.79 Å². The molecule has 2 saturated heterocycles. The fourth-order valence-electron chi connectivity index (χ4n) is 3.76. The van der Waals surface area contributed by atoms with Gasteiger partial charge in [0.15, 0.2) is 0 Å². The maximum Gasteiger partial charge on any atom is 0.251 e. The van der Waals surface area contributed by atoms with E-state index in [0.29, 0.717) is 11.8 Å². The van der Waals surface area contributed by atoms with Crippen LogP contribution < -0.4 is 0 Å². The molecule has 2 aliphatic heterocycles. The lowest BCUT2D eigenvalue weighted by Crippen LogP contribution is -2.41. The number of hydrogen-bond acceptors (Lipinski definition) is 3. The summed E-state index contributed by atoms with van der Waals surface area (Å²) in [7, 11) is 1.68. The molecule has 114 valence electrons. The van der Waals surface area contributed by atoms with Crippen LogP contribution in [0.5, 0.6) is 0 Å². The standard InChI is InChI=1S/C16H28N2O2/c1-20-15(14-5-6-14)16(19)18-10-7-13(12-18)11-17-8-3-2-4-9-17/h13-15H,2-12H2,1H3.